The highest BCUT2D eigenvalue weighted by atomic mass is 16.5. The lowest BCUT2D eigenvalue weighted by molar-refractivity contribution is 0.112. The minimum absolute atomic E-state index is 0.351. The number of rotatable bonds is 4. The van der Waals surface area contributed by atoms with Crippen molar-refractivity contribution >= 4 is 6.29 Å². The Morgan fingerprint density at radius 2 is 1.81 bits per heavy atom. The molecule has 1 saturated carbocycles. The zero-order valence-electron chi connectivity index (χ0n) is 9.45. The van der Waals surface area contributed by atoms with E-state index in [-0.39, 0.29) is 5.54 Å². The third-order valence-electron chi connectivity index (χ3n) is 3.01. The van der Waals surface area contributed by atoms with Gasteiger partial charge in [0.2, 0.25) is 0 Å². The number of benzene rings is 1. The van der Waals surface area contributed by atoms with Gasteiger partial charge >= 0.3 is 0 Å². The van der Waals surface area contributed by atoms with E-state index in [0.29, 0.717) is 17.1 Å². The Bertz CT molecular complexity index is 425. The van der Waals surface area contributed by atoms with Gasteiger partial charge < -0.3 is 15.2 Å². The molecule has 16 heavy (non-hydrogen) atoms. The molecule has 0 bridgehead atoms. The molecule has 4 nitrogen and oxygen atoms in total. The normalized spacial score (nSPS) is 16.7. The predicted molar refractivity (Wildman–Crippen MR) is 60.0 cm³/mol. The number of nitrogens with two attached hydrogens (primary N) is 1. The van der Waals surface area contributed by atoms with Crippen LogP contribution >= 0.6 is 0 Å². The van der Waals surface area contributed by atoms with E-state index in [9.17, 15) is 4.79 Å². The predicted octanol–water partition coefficient (Wildman–Crippen LogP) is 1.46. The summed E-state index contributed by atoms with van der Waals surface area (Å²) in [4.78, 5) is 11.0. The summed E-state index contributed by atoms with van der Waals surface area (Å²) in [6, 6.07) is 3.48. The van der Waals surface area contributed by atoms with Crippen molar-refractivity contribution < 1.29 is 14.3 Å². The Hall–Kier alpha value is -1.55. The lowest BCUT2D eigenvalue weighted by atomic mass is 9.99. The van der Waals surface area contributed by atoms with Crippen molar-refractivity contribution in [1.82, 2.24) is 0 Å². The van der Waals surface area contributed by atoms with E-state index in [1.165, 1.54) is 0 Å². The van der Waals surface area contributed by atoms with Gasteiger partial charge in [-0.2, -0.15) is 0 Å². The molecule has 0 atom stereocenters. The van der Waals surface area contributed by atoms with Crippen LogP contribution in [-0.4, -0.2) is 20.5 Å². The smallest absolute Gasteiger partial charge is 0.161 e. The van der Waals surface area contributed by atoms with Crippen LogP contribution in [0.4, 0.5) is 0 Å². The number of ether oxygens (including phenoxy) is 2. The van der Waals surface area contributed by atoms with Gasteiger partial charge in [-0.1, -0.05) is 0 Å². The fourth-order valence-electron chi connectivity index (χ4n) is 1.83. The molecule has 1 aliphatic carbocycles. The monoisotopic (exact) mass is 221 g/mol. The van der Waals surface area contributed by atoms with Crippen LogP contribution in [0.3, 0.4) is 0 Å². The van der Waals surface area contributed by atoms with Gasteiger partial charge in [0.15, 0.2) is 17.8 Å². The van der Waals surface area contributed by atoms with Gasteiger partial charge in [-0.25, -0.2) is 0 Å². The van der Waals surface area contributed by atoms with Crippen LogP contribution in [0, 0.1) is 0 Å². The zero-order valence-corrected chi connectivity index (χ0v) is 9.45. The van der Waals surface area contributed by atoms with Gasteiger partial charge in [-0.3, -0.25) is 4.79 Å². The molecule has 2 rings (SSSR count). The van der Waals surface area contributed by atoms with Crippen molar-refractivity contribution in [1.29, 1.82) is 0 Å². The number of aldehydes is 1. The van der Waals surface area contributed by atoms with E-state index in [2.05, 4.69) is 0 Å². The molecule has 0 aromatic heterocycles. The molecule has 0 spiro atoms. The topological polar surface area (TPSA) is 61.5 Å². The largest absolute Gasteiger partial charge is 0.493 e. The van der Waals surface area contributed by atoms with Crippen molar-refractivity contribution in [3.63, 3.8) is 0 Å². The van der Waals surface area contributed by atoms with Crippen molar-refractivity contribution in [3.05, 3.63) is 23.3 Å². The number of hydrogen-bond acceptors (Lipinski definition) is 4. The zero-order chi connectivity index (χ0) is 11.8. The van der Waals surface area contributed by atoms with Crippen LogP contribution in [0.25, 0.3) is 0 Å². The molecule has 1 fully saturated rings. The Morgan fingerprint density at radius 1 is 1.25 bits per heavy atom. The van der Waals surface area contributed by atoms with Crippen LogP contribution in [0.15, 0.2) is 12.1 Å². The molecule has 0 unspecified atom stereocenters. The Balaban J connectivity index is 2.55. The van der Waals surface area contributed by atoms with Crippen molar-refractivity contribution in [2.24, 2.45) is 5.73 Å². The van der Waals surface area contributed by atoms with Crippen LogP contribution in [0.5, 0.6) is 11.5 Å². The Kier molecular flexibility index (Phi) is 2.59. The second kappa shape index (κ2) is 3.79. The highest BCUT2D eigenvalue weighted by molar-refractivity contribution is 5.80. The Labute approximate surface area is 94.3 Å². The van der Waals surface area contributed by atoms with Crippen molar-refractivity contribution in [2.45, 2.75) is 18.4 Å². The minimum atomic E-state index is -0.351. The molecule has 86 valence electrons. The first-order chi connectivity index (χ1) is 7.64. The average molecular weight is 221 g/mol. The maximum Gasteiger partial charge on any atom is 0.161 e. The number of methoxy groups -OCH3 is 2. The lowest BCUT2D eigenvalue weighted by Gasteiger charge is -2.16. The van der Waals surface area contributed by atoms with Crippen LogP contribution < -0.4 is 15.2 Å². The summed E-state index contributed by atoms with van der Waals surface area (Å²) in [5, 5.41) is 0. The third-order valence-corrected chi connectivity index (χ3v) is 3.01. The average Bonchev–Trinajstić information content (AvgIpc) is 3.06. The Morgan fingerprint density at radius 3 is 2.25 bits per heavy atom. The van der Waals surface area contributed by atoms with Gasteiger partial charge in [0.1, 0.15) is 0 Å². The molecule has 0 radical (unpaired) electrons. The minimum Gasteiger partial charge on any atom is -0.493 e. The van der Waals surface area contributed by atoms with Gasteiger partial charge in [-0.05, 0) is 30.5 Å². The van der Waals surface area contributed by atoms with E-state index in [1.807, 2.05) is 0 Å². The highest BCUT2D eigenvalue weighted by Gasteiger charge is 2.42. The molecule has 0 aliphatic heterocycles. The van der Waals surface area contributed by atoms with Crippen LogP contribution in [0.1, 0.15) is 28.8 Å². The summed E-state index contributed by atoms with van der Waals surface area (Å²) < 4.78 is 10.3. The van der Waals surface area contributed by atoms with E-state index < -0.39 is 0 Å². The third kappa shape index (κ3) is 1.65. The van der Waals surface area contributed by atoms with E-state index in [4.69, 9.17) is 15.2 Å². The molecule has 1 aliphatic rings. The van der Waals surface area contributed by atoms with Gasteiger partial charge in [0, 0.05) is 11.1 Å². The fourth-order valence-corrected chi connectivity index (χ4v) is 1.83. The van der Waals surface area contributed by atoms with E-state index >= 15 is 0 Å². The maximum absolute atomic E-state index is 11.0. The molecule has 4 heteroatoms. The van der Waals surface area contributed by atoms with Crippen molar-refractivity contribution in [3.8, 4) is 11.5 Å². The molecule has 0 saturated heterocycles. The molecular weight excluding hydrogens is 206 g/mol. The quantitative estimate of drug-likeness (QED) is 0.782. The summed E-state index contributed by atoms with van der Waals surface area (Å²) in [7, 11) is 3.11. The number of hydrogen-bond donors (Lipinski definition) is 1. The maximum atomic E-state index is 11.0. The van der Waals surface area contributed by atoms with E-state index in [1.54, 1.807) is 26.4 Å². The standard InChI is InChI=1S/C12H15NO3/c1-15-10-5-8(7-14)9(6-11(10)16-2)12(13)3-4-12/h5-7H,3-4,13H2,1-2H3. The highest BCUT2D eigenvalue weighted by Crippen LogP contribution is 2.46. The number of carbonyl (C=O) groups excluding carboxylic acids is 1. The first-order valence-corrected chi connectivity index (χ1v) is 5.15. The summed E-state index contributed by atoms with van der Waals surface area (Å²) in [5.74, 6) is 1.16. The lowest BCUT2D eigenvalue weighted by Crippen LogP contribution is -2.20. The molecular formula is C12H15NO3. The van der Waals surface area contributed by atoms with E-state index in [0.717, 1.165) is 24.7 Å². The van der Waals surface area contributed by atoms with Crippen molar-refractivity contribution in [2.75, 3.05) is 14.2 Å². The fraction of sp³-hybridized carbons (Fsp3) is 0.417. The van der Waals surface area contributed by atoms with Gasteiger partial charge in [0.25, 0.3) is 0 Å². The van der Waals surface area contributed by atoms with Gasteiger partial charge in [-0.15, -0.1) is 0 Å². The summed E-state index contributed by atoms with van der Waals surface area (Å²) >= 11 is 0. The number of carbonyl (C=O) groups is 1. The first-order valence-electron chi connectivity index (χ1n) is 5.15. The molecule has 0 heterocycles. The SMILES string of the molecule is COc1cc(C=O)c(C2(N)CC2)cc1OC. The van der Waals surface area contributed by atoms with Gasteiger partial charge in [0.05, 0.1) is 14.2 Å². The molecule has 0 amide bonds. The van der Waals surface area contributed by atoms with Crippen LogP contribution in [0.2, 0.25) is 0 Å². The molecule has 2 N–H and O–H groups in total. The second-order valence-electron chi connectivity index (χ2n) is 4.07. The summed E-state index contributed by atoms with van der Waals surface area (Å²) in [6.07, 6.45) is 2.62. The molecule has 1 aromatic rings. The van der Waals surface area contributed by atoms with Crippen LogP contribution in [-0.2, 0) is 5.54 Å². The summed E-state index contributed by atoms with van der Waals surface area (Å²) in [6.45, 7) is 0. The first kappa shape index (κ1) is 11.0. The molecule has 1 aromatic carbocycles. The summed E-state index contributed by atoms with van der Waals surface area (Å²) in [5.41, 5.74) is 7.18. The second-order valence-corrected chi connectivity index (χ2v) is 4.07.